The number of halogens is 4. The highest BCUT2D eigenvalue weighted by Gasteiger charge is 2.35. The third-order valence-electron chi connectivity index (χ3n) is 5.28. The number of carbonyl (C=O) groups is 1. The lowest BCUT2D eigenvalue weighted by Crippen LogP contribution is -2.51. The van der Waals surface area contributed by atoms with Crippen molar-refractivity contribution in [3.05, 3.63) is 65.5 Å². The van der Waals surface area contributed by atoms with Gasteiger partial charge in [-0.2, -0.15) is 13.2 Å². The Morgan fingerprint density at radius 2 is 1.94 bits per heavy atom. The van der Waals surface area contributed by atoms with Crippen LogP contribution in [0.2, 0.25) is 0 Å². The molecule has 180 valence electrons. The first-order chi connectivity index (χ1) is 16.1. The second-order valence-corrected chi connectivity index (χ2v) is 7.65. The summed E-state index contributed by atoms with van der Waals surface area (Å²) in [6.07, 6.45) is -1.38. The first-order valence-corrected chi connectivity index (χ1v) is 10.4. The summed E-state index contributed by atoms with van der Waals surface area (Å²) in [6, 6.07) is 6.23. The van der Waals surface area contributed by atoms with E-state index in [-0.39, 0.29) is 17.6 Å². The number of benzene rings is 1. The van der Waals surface area contributed by atoms with Crippen molar-refractivity contribution in [2.45, 2.75) is 45.0 Å². The normalized spacial score (nSPS) is 19.6. The molecule has 0 unspecified atom stereocenters. The second kappa shape index (κ2) is 10.5. The second-order valence-electron chi connectivity index (χ2n) is 7.65. The van der Waals surface area contributed by atoms with Crippen molar-refractivity contribution in [1.82, 2.24) is 14.9 Å². The van der Waals surface area contributed by atoms with Crippen LogP contribution in [0.1, 0.15) is 48.3 Å². The number of amides is 1. The van der Waals surface area contributed by atoms with Gasteiger partial charge in [-0.25, -0.2) is 24.3 Å². The largest absolute Gasteiger partial charge is 0.471 e. The Labute approximate surface area is 193 Å². The molecule has 0 radical (unpaired) electrons. The molecule has 1 aromatic heterocycles. The van der Waals surface area contributed by atoms with Gasteiger partial charge in [-0.05, 0) is 39.5 Å². The molecular formula is C23H23F4N5O2. The molecule has 2 aromatic rings. The number of alkyl halides is 3. The maximum atomic E-state index is 13.5. The topological polar surface area (TPSA) is 80.0 Å². The Morgan fingerprint density at radius 3 is 2.53 bits per heavy atom. The number of allylic oxidation sites excluding steroid dienone is 1. The smallest absolute Gasteiger partial charge is 0.434 e. The van der Waals surface area contributed by atoms with Crippen molar-refractivity contribution >= 4 is 18.5 Å². The average Bonchev–Trinajstić information content (AvgIpc) is 2.80. The number of nitrogens with zero attached hydrogens (tertiary/aromatic N) is 5. The number of hydrogen-bond donors (Lipinski definition) is 0. The molecule has 1 aliphatic rings. The fraction of sp³-hybridized carbons (Fsp3) is 0.348. The van der Waals surface area contributed by atoms with Gasteiger partial charge in [0.1, 0.15) is 11.9 Å². The monoisotopic (exact) mass is 477 g/mol. The highest BCUT2D eigenvalue weighted by atomic mass is 19.4. The molecule has 11 heteroatoms. The van der Waals surface area contributed by atoms with E-state index >= 15 is 0 Å². The minimum atomic E-state index is -4.60. The van der Waals surface area contributed by atoms with E-state index in [0.717, 1.165) is 12.4 Å². The molecule has 7 nitrogen and oxygen atoms in total. The van der Waals surface area contributed by atoms with E-state index in [0.29, 0.717) is 36.7 Å². The van der Waals surface area contributed by atoms with Crippen LogP contribution in [0.3, 0.4) is 0 Å². The zero-order valence-electron chi connectivity index (χ0n) is 18.6. The molecule has 2 heterocycles. The number of aliphatic imine (C=N–C) groups is 2. The van der Waals surface area contributed by atoms with Crippen molar-refractivity contribution in [2.24, 2.45) is 9.98 Å². The molecule has 34 heavy (non-hydrogen) atoms. The highest BCUT2D eigenvalue weighted by Crippen LogP contribution is 2.29. The summed E-state index contributed by atoms with van der Waals surface area (Å²) in [5, 5.41) is 0. The van der Waals surface area contributed by atoms with Crippen molar-refractivity contribution < 1.29 is 27.1 Å². The first-order valence-electron chi connectivity index (χ1n) is 10.4. The van der Waals surface area contributed by atoms with Crippen LogP contribution in [0, 0.1) is 0 Å². The van der Waals surface area contributed by atoms with E-state index in [1.807, 2.05) is 0 Å². The van der Waals surface area contributed by atoms with Crippen molar-refractivity contribution in [2.75, 3.05) is 6.54 Å². The minimum absolute atomic E-state index is 0.0572. The predicted octanol–water partition coefficient (Wildman–Crippen LogP) is 4.85. The molecule has 3 rings (SSSR count). The Balaban J connectivity index is 1.82. The summed E-state index contributed by atoms with van der Waals surface area (Å²) < 4.78 is 57.1. The van der Waals surface area contributed by atoms with Crippen LogP contribution in [0.25, 0.3) is 0 Å². The zero-order valence-corrected chi connectivity index (χ0v) is 18.6. The Bertz CT molecular complexity index is 1100. The molecule has 0 saturated carbocycles. The molecule has 1 fully saturated rings. The third-order valence-corrected chi connectivity index (χ3v) is 5.28. The van der Waals surface area contributed by atoms with Crippen molar-refractivity contribution in [1.29, 1.82) is 0 Å². The number of piperidine rings is 1. The summed E-state index contributed by atoms with van der Waals surface area (Å²) in [5.41, 5.74) is -0.416. The summed E-state index contributed by atoms with van der Waals surface area (Å²) in [7, 11) is 0. The molecule has 1 saturated heterocycles. The van der Waals surface area contributed by atoms with E-state index in [1.165, 1.54) is 6.92 Å². The van der Waals surface area contributed by atoms with Gasteiger partial charge in [0.25, 0.3) is 5.91 Å². The van der Waals surface area contributed by atoms with Gasteiger partial charge in [0, 0.05) is 12.1 Å². The third kappa shape index (κ3) is 5.83. The maximum absolute atomic E-state index is 13.5. The van der Waals surface area contributed by atoms with Crippen LogP contribution >= 0.6 is 0 Å². The zero-order chi connectivity index (χ0) is 24.9. The minimum Gasteiger partial charge on any atom is -0.471 e. The van der Waals surface area contributed by atoms with Crippen LogP contribution < -0.4 is 4.74 Å². The molecule has 1 aromatic carbocycles. The van der Waals surface area contributed by atoms with Crippen LogP contribution in [-0.2, 0) is 6.18 Å². The number of hydrogen-bond acceptors (Lipinski definition) is 5. The summed E-state index contributed by atoms with van der Waals surface area (Å²) in [5.74, 6) is -0.801. The van der Waals surface area contributed by atoms with Crippen LogP contribution in [0.15, 0.2) is 58.7 Å². The van der Waals surface area contributed by atoms with E-state index in [1.54, 1.807) is 36.1 Å². The quantitative estimate of drug-likeness (QED) is 0.351. The molecule has 1 aliphatic heterocycles. The molecule has 0 N–H and O–H groups in total. The molecule has 0 aliphatic carbocycles. The average molecular weight is 477 g/mol. The van der Waals surface area contributed by atoms with E-state index in [4.69, 9.17) is 4.74 Å². The lowest BCUT2D eigenvalue weighted by atomic mass is 9.97. The molecule has 1 amide bonds. The van der Waals surface area contributed by atoms with Crippen LogP contribution in [0.4, 0.5) is 17.6 Å². The summed E-state index contributed by atoms with van der Waals surface area (Å²) >= 11 is 0. The number of rotatable bonds is 5. The molecular weight excluding hydrogens is 454 g/mol. The predicted molar refractivity (Wildman–Crippen MR) is 119 cm³/mol. The van der Waals surface area contributed by atoms with Gasteiger partial charge >= 0.3 is 6.18 Å². The SMILES string of the molecule is C=N/C(=N\C=C(/C)F)c1ccccc1C(=O)N1CCC[C@@H](Oc2cnc(C(F)(F)F)cn2)[C@@H]1C. The summed E-state index contributed by atoms with van der Waals surface area (Å²) in [4.78, 5) is 29.9. The Kier molecular flexibility index (Phi) is 7.75. The molecule has 0 spiro atoms. The van der Waals surface area contributed by atoms with E-state index in [2.05, 4.69) is 26.7 Å². The first kappa shape index (κ1) is 25.0. The summed E-state index contributed by atoms with van der Waals surface area (Å²) in [6.45, 7) is 6.94. The van der Waals surface area contributed by atoms with E-state index < -0.39 is 29.8 Å². The number of amidine groups is 1. The lowest BCUT2D eigenvalue weighted by Gasteiger charge is -2.39. The number of carbonyl (C=O) groups excluding carboxylic acids is 1. The fourth-order valence-corrected chi connectivity index (χ4v) is 3.60. The van der Waals surface area contributed by atoms with Crippen LogP contribution in [0.5, 0.6) is 5.88 Å². The van der Waals surface area contributed by atoms with Gasteiger partial charge in [-0.1, -0.05) is 18.2 Å². The van der Waals surface area contributed by atoms with Gasteiger partial charge in [0.05, 0.1) is 30.2 Å². The molecule has 0 bridgehead atoms. The number of aromatic nitrogens is 2. The Morgan fingerprint density at radius 1 is 1.24 bits per heavy atom. The van der Waals surface area contributed by atoms with Crippen LogP contribution in [-0.4, -0.2) is 52.0 Å². The van der Waals surface area contributed by atoms with Gasteiger partial charge < -0.3 is 9.64 Å². The lowest BCUT2D eigenvalue weighted by molar-refractivity contribution is -0.141. The Hall–Kier alpha value is -3.63. The standard InChI is InChI=1S/C23H23F4N5O2/c1-14(24)11-31-21(28-3)16-7-4-5-8-17(16)22(33)32-10-6-9-18(15(32)2)34-20-13-29-19(12-30-20)23(25,26)27/h4-5,7-8,11-13,15,18H,3,6,9-10H2,1-2H3/b14-11+,31-21-/t15-,18+/m0/s1. The van der Waals surface area contributed by atoms with Gasteiger partial charge in [0.15, 0.2) is 11.5 Å². The van der Waals surface area contributed by atoms with Crippen molar-refractivity contribution in [3.8, 4) is 5.88 Å². The van der Waals surface area contributed by atoms with Crippen molar-refractivity contribution in [3.63, 3.8) is 0 Å². The number of ether oxygens (including phenoxy) is 1. The number of likely N-dealkylation sites (tertiary alicyclic amines) is 1. The maximum Gasteiger partial charge on any atom is 0.434 e. The van der Waals surface area contributed by atoms with E-state index in [9.17, 15) is 22.4 Å². The van der Waals surface area contributed by atoms with Gasteiger partial charge in [-0.15, -0.1) is 0 Å². The fourth-order valence-electron chi connectivity index (χ4n) is 3.60. The van der Waals surface area contributed by atoms with Gasteiger partial charge in [0.2, 0.25) is 5.88 Å². The highest BCUT2D eigenvalue weighted by molar-refractivity contribution is 6.10. The molecule has 2 atom stereocenters. The van der Waals surface area contributed by atoms with Gasteiger partial charge in [-0.3, -0.25) is 4.79 Å².